The number of carbonyl (C=O) groups is 1. The van der Waals surface area contributed by atoms with E-state index in [0.717, 1.165) is 55.3 Å². The van der Waals surface area contributed by atoms with Gasteiger partial charge in [-0.3, -0.25) is 4.79 Å². The molecule has 6 heteroatoms. The summed E-state index contributed by atoms with van der Waals surface area (Å²) in [5.74, 6) is -0.118. The quantitative estimate of drug-likeness (QED) is 0.674. The third-order valence-electron chi connectivity index (χ3n) is 5.48. The largest absolute Gasteiger partial charge is 0.326 e. The minimum Gasteiger partial charge on any atom is -0.326 e. The van der Waals surface area contributed by atoms with E-state index in [1.807, 2.05) is 18.2 Å². The van der Waals surface area contributed by atoms with E-state index in [2.05, 4.69) is 19.2 Å². The minimum atomic E-state index is -3.32. The molecular formula is C21H34N2O3S. The molecule has 0 unspecified atom stereocenters. The Morgan fingerprint density at radius 1 is 1.07 bits per heavy atom. The zero-order chi connectivity index (χ0) is 19.9. The van der Waals surface area contributed by atoms with Crippen LogP contribution in [0.5, 0.6) is 0 Å². The van der Waals surface area contributed by atoms with Crippen molar-refractivity contribution >= 4 is 21.6 Å². The van der Waals surface area contributed by atoms with Crippen molar-refractivity contribution in [1.29, 1.82) is 0 Å². The Morgan fingerprint density at radius 3 is 2.11 bits per heavy atom. The van der Waals surface area contributed by atoms with E-state index in [1.54, 1.807) is 4.31 Å². The van der Waals surface area contributed by atoms with Crippen LogP contribution in [-0.2, 0) is 27.7 Å². The second kappa shape index (κ2) is 10.2. The molecule has 1 aromatic rings. The number of benzene rings is 1. The average Bonchev–Trinajstić information content (AvgIpc) is 2.90. The lowest BCUT2D eigenvalue weighted by Crippen LogP contribution is -2.41. The van der Waals surface area contributed by atoms with Crippen LogP contribution in [0.15, 0.2) is 18.2 Å². The molecule has 0 aromatic heterocycles. The average molecular weight is 395 g/mol. The summed E-state index contributed by atoms with van der Waals surface area (Å²) >= 11 is 0. The smallest absolute Gasteiger partial charge is 0.225 e. The number of nitrogens with zero attached hydrogens (tertiary/aromatic N) is 1. The zero-order valence-electron chi connectivity index (χ0n) is 17.0. The summed E-state index contributed by atoms with van der Waals surface area (Å²) < 4.78 is 26.2. The molecular weight excluding hydrogens is 360 g/mol. The van der Waals surface area contributed by atoms with Gasteiger partial charge in [-0.2, -0.15) is 4.31 Å². The number of nitrogens with one attached hydrogen (secondary N) is 1. The van der Waals surface area contributed by atoms with Gasteiger partial charge in [0.2, 0.25) is 15.9 Å². The minimum absolute atomic E-state index is 0.0319. The Hall–Kier alpha value is -1.40. The van der Waals surface area contributed by atoms with Crippen molar-refractivity contribution < 1.29 is 13.2 Å². The molecule has 27 heavy (non-hydrogen) atoms. The van der Waals surface area contributed by atoms with E-state index in [1.165, 1.54) is 19.1 Å². The molecule has 152 valence electrons. The van der Waals surface area contributed by atoms with E-state index >= 15 is 0 Å². The Bertz CT molecular complexity index is 701. The van der Waals surface area contributed by atoms with Crippen molar-refractivity contribution in [2.24, 2.45) is 0 Å². The van der Waals surface area contributed by atoms with Gasteiger partial charge >= 0.3 is 0 Å². The van der Waals surface area contributed by atoms with Gasteiger partial charge in [0.15, 0.2) is 0 Å². The van der Waals surface area contributed by atoms with Crippen LogP contribution in [0, 0.1) is 0 Å². The standard InChI is InChI=1S/C21H34N2O3S/c1-4-17-11-10-12-18(5-2)21(17)22-20(24)15-16-23(27(3,25)26)19-13-8-6-7-9-14-19/h10-12,19H,4-9,13-16H2,1-3H3,(H,22,24). The molecule has 1 aromatic carbocycles. The summed E-state index contributed by atoms with van der Waals surface area (Å²) in [6, 6.07) is 6.11. The van der Waals surface area contributed by atoms with Crippen molar-refractivity contribution in [1.82, 2.24) is 4.31 Å². The first-order chi connectivity index (χ1) is 12.9. The second-order valence-electron chi connectivity index (χ2n) is 7.48. The van der Waals surface area contributed by atoms with Gasteiger partial charge in [-0.15, -0.1) is 0 Å². The fourth-order valence-electron chi connectivity index (χ4n) is 3.98. The van der Waals surface area contributed by atoms with Crippen molar-refractivity contribution in [3.8, 4) is 0 Å². The van der Waals surface area contributed by atoms with Crippen molar-refractivity contribution in [3.05, 3.63) is 29.3 Å². The maximum Gasteiger partial charge on any atom is 0.225 e. The van der Waals surface area contributed by atoms with Crippen LogP contribution in [0.3, 0.4) is 0 Å². The number of hydrogen-bond acceptors (Lipinski definition) is 3. The SMILES string of the molecule is CCc1cccc(CC)c1NC(=O)CCN(C1CCCCCC1)S(C)(=O)=O. The number of sulfonamides is 1. The summed E-state index contributed by atoms with van der Waals surface area (Å²) in [6.45, 7) is 4.40. The van der Waals surface area contributed by atoms with Crippen LogP contribution in [-0.4, -0.2) is 37.5 Å². The Morgan fingerprint density at radius 2 is 1.63 bits per heavy atom. The summed E-state index contributed by atoms with van der Waals surface area (Å²) in [5.41, 5.74) is 3.13. The first-order valence-corrected chi connectivity index (χ1v) is 12.1. The number of anilines is 1. The molecule has 5 nitrogen and oxygen atoms in total. The number of carbonyl (C=O) groups excluding carboxylic acids is 1. The van der Waals surface area contributed by atoms with Crippen LogP contribution in [0.2, 0.25) is 0 Å². The van der Waals surface area contributed by atoms with Gasteiger partial charge in [-0.1, -0.05) is 57.7 Å². The molecule has 1 aliphatic carbocycles. The number of hydrogen-bond donors (Lipinski definition) is 1. The number of rotatable bonds is 8. The van der Waals surface area contributed by atoms with Gasteiger partial charge < -0.3 is 5.32 Å². The fraction of sp³-hybridized carbons (Fsp3) is 0.667. The molecule has 1 aliphatic rings. The first-order valence-electron chi connectivity index (χ1n) is 10.2. The van der Waals surface area contributed by atoms with Crippen LogP contribution in [0.4, 0.5) is 5.69 Å². The molecule has 0 radical (unpaired) electrons. The predicted octanol–water partition coefficient (Wildman–Crippen LogP) is 4.12. The highest BCUT2D eigenvalue weighted by Gasteiger charge is 2.27. The molecule has 1 fully saturated rings. The van der Waals surface area contributed by atoms with Gasteiger partial charge in [0.05, 0.1) is 6.26 Å². The third-order valence-corrected chi connectivity index (χ3v) is 6.81. The first kappa shape index (κ1) is 21.9. The lowest BCUT2D eigenvalue weighted by Gasteiger charge is -2.28. The summed E-state index contributed by atoms with van der Waals surface area (Å²) in [6.07, 6.45) is 9.40. The molecule has 0 heterocycles. The molecule has 1 amide bonds. The second-order valence-corrected chi connectivity index (χ2v) is 9.41. The maximum absolute atomic E-state index is 12.6. The van der Waals surface area contributed by atoms with E-state index in [4.69, 9.17) is 0 Å². The number of aryl methyl sites for hydroxylation is 2. The van der Waals surface area contributed by atoms with Crippen LogP contribution in [0.1, 0.15) is 69.9 Å². The fourth-order valence-corrected chi connectivity index (χ4v) is 5.16. The monoisotopic (exact) mass is 394 g/mol. The van der Waals surface area contributed by atoms with Crippen LogP contribution >= 0.6 is 0 Å². The Balaban J connectivity index is 2.06. The topological polar surface area (TPSA) is 66.5 Å². The molecule has 0 spiro atoms. The summed E-state index contributed by atoms with van der Waals surface area (Å²) in [4.78, 5) is 12.6. The van der Waals surface area contributed by atoms with Crippen LogP contribution < -0.4 is 5.32 Å². The van der Waals surface area contributed by atoms with E-state index < -0.39 is 10.0 Å². The lowest BCUT2D eigenvalue weighted by molar-refractivity contribution is -0.116. The molecule has 0 atom stereocenters. The summed E-state index contributed by atoms with van der Waals surface area (Å²) in [7, 11) is -3.32. The van der Waals surface area contributed by atoms with Crippen molar-refractivity contribution in [2.45, 2.75) is 77.7 Å². The summed E-state index contributed by atoms with van der Waals surface area (Å²) in [5, 5.41) is 3.04. The Labute approximate surface area is 164 Å². The van der Waals surface area contributed by atoms with Gasteiger partial charge in [0, 0.05) is 24.7 Å². The highest BCUT2D eigenvalue weighted by Crippen LogP contribution is 2.25. The van der Waals surface area contributed by atoms with Gasteiger partial charge in [-0.05, 0) is 36.8 Å². The number of amides is 1. The van der Waals surface area contributed by atoms with Crippen molar-refractivity contribution in [3.63, 3.8) is 0 Å². The molecule has 0 saturated heterocycles. The molecule has 2 rings (SSSR count). The van der Waals surface area contributed by atoms with Crippen LogP contribution in [0.25, 0.3) is 0 Å². The third kappa shape index (κ3) is 6.32. The maximum atomic E-state index is 12.6. The van der Waals surface area contributed by atoms with E-state index in [0.29, 0.717) is 0 Å². The normalized spacial score (nSPS) is 16.3. The van der Waals surface area contributed by atoms with E-state index in [-0.39, 0.29) is 24.9 Å². The molecule has 0 aliphatic heterocycles. The van der Waals surface area contributed by atoms with Gasteiger partial charge in [0.1, 0.15) is 0 Å². The Kier molecular flexibility index (Phi) is 8.29. The van der Waals surface area contributed by atoms with E-state index in [9.17, 15) is 13.2 Å². The molecule has 1 saturated carbocycles. The number of para-hydroxylation sites is 1. The molecule has 1 N–H and O–H groups in total. The lowest BCUT2D eigenvalue weighted by atomic mass is 10.0. The van der Waals surface area contributed by atoms with Gasteiger partial charge in [-0.25, -0.2) is 8.42 Å². The van der Waals surface area contributed by atoms with Crippen molar-refractivity contribution in [2.75, 3.05) is 18.1 Å². The zero-order valence-corrected chi connectivity index (χ0v) is 17.8. The predicted molar refractivity (Wildman–Crippen MR) is 111 cm³/mol. The highest BCUT2D eigenvalue weighted by atomic mass is 32.2. The molecule has 0 bridgehead atoms. The highest BCUT2D eigenvalue weighted by molar-refractivity contribution is 7.88. The van der Waals surface area contributed by atoms with Gasteiger partial charge in [0.25, 0.3) is 0 Å².